The lowest BCUT2D eigenvalue weighted by molar-refractivity contribution is -0.140. The molecule has 0 aliphatic carbocycles. The Labute approximate surface area is 273 Å². The minimum absolute atomic E-state index is 0.00463. The maximum Gasteiger partial charge on any atom is 0.264 e. The summed E-state index contributed by atoms with van der Waals surface area (Å²) in [6, 6.07) is 27.3. The first-order valence-electron chi connectivity index (χ1n) is 14.0. The number of benzene rings is 4. The molecule has 44 heavy (non-hydrogen) atoms. The first kappa shape index (κ1) is 33.3. The summed E-state index contributed by atoms with van der Waals surface area (Å²) in [5, 5.41) is 3.82. The third-order valence-electron chi connectivity index (χ3n) is 6.92. The van der Waals surface area contributed by atoms with E-state index in [1.807, 2.05) is 37.3 Å². The summed E-state index contributed by atoms with van der Waals surface area (Å²) in [4.78, 5) is 29.5. The number of amides is 2. The van der Waals surface area contributed by atoms with Gasteiger partial charge < -0.3 is 10.2 Å². The van der Waals surface area contributed by atoms with Crippen LogP contribution in [-0.4, -0.2) is 44.3 Å². The third kappa shape index (κ3) is 8.33. The van der Waals surface area contributed by atoms with Gasteiger partial charge in [0, 0.05) is 40.1 Å². The second-order valence-electron chi connectivity index (χ2n) is 10.0. The molecule has 0 bridgehead atoms. The lowest BCUT2D eigenvalue weighted by Crippen LogP contribution is -2.53. The van der Waals surface area contributed by atoms with Gasteiger partial charge in [-0.25, -0.2) is 8.42 Å². The van der Waals surface area contributed by atoms with Crippen LogP contribution in [0.2, 0.25) is 15.1 Å². The normalized spacial score (nSPS) is 11.9. The largest absolute Gasteiger partial charge is 0.354 e. The molecule has 0 saturated carbocycles. The van der Waals surface area contributed by atoms with E-state index >= 15 is 0 Å². The van der Waals surface area contributed by atoms with Crippen molar-refractivity contribution in [3.8, 4) is 0 Å². The minimum atomic E-state index is -4.23. The van der Waals surface area contributed by atoms with Crippen LogP contribution in [-0.2, 0) is 32.6 Å². The Kier molecular flexibility index (Phi) is 11.7. The number of anilines is 1. The van der Waals surface area contributed by atoms with Crippen LogP contribution in [0, 0.1) is 0 Å². The summed E-state index contributed by atoms with van der Waals surface area (Å²) in [7, 11) is -4.23. The second kappa shape index (κ2) is 15.4. The van der Waals surface area contributed by atoms with Gasteiger partial charge >= 0.3 is 0 Å². The number of hydrogen-bond acceptors (Lipinski definition) is 4. The molecule has 1 atom stereocenters. The highest BCUT2D eigenvalue weighted by Gasteiger charge is 2.35. The molecule has 2 amide bonds. The lowest BCUT2D eigenvalue weighted by Gasteiger charge is -2.34. The van der Waals surface area contributed by atoms with Crippen molar-refractivity contribution < 1.29 is 18.0 Å². The maximum atomic E-state index is 14.4. The average Bonchev–Trinajstić information content (AvgIpc) is 3.02. The number of nitrogens with one attached hydrogen (secondary N) is 1. The Bertz CT molecular complexity index is 1670. The van der Waals surface area contributed by atoms with E-state index < -0.39 is 28.5 Å². The number of sulfonamides is 1. The van der Waals surface area contributed by atoms with Crippen LogP contribution in [0.3, 0.4) is 0 Å². The number of carbonyl (C=O) groups is 2. The molecule has 0 fully saturated rings. The Morgan fingerprint density at radius 3 is 2.05 bits per heavy atom. The van der Waals surface area contributed by atoms with E-state index in [1.54, 1.807) is 54.6 Å². The van der Waals surface area contributed by atoms with Crippen molar-refractivity contribution in [1.82, 2.24) is 10.2 Å². The van der Waals surface area contributed by atoms with Gasteiger partial charge in [0.25, 0.3) is 10.0 Å². The highest BCUT2D eigenvalue weighted by atomic mass is 35.5. The molecule has 4 aromatic rings. The van der Waals surface area contributed by atoms with Gasteiger partial charge in [0.2, 0.25) is 11.8 Å². The lowest BCUT2D eigenvalue weighted by atomic mass is 10.0. The molecule has 7 nitrogen and oxygen atoms in total. The first-order chi connectivity index (χ1) is 21.1. The smallest absolute Gasteiger partial charge is 0.264 e. The number of carbonyl (C=O) groups excluding carboxylic acids is 2. The predicted molar refractivity (Wildman–Crippen MR) is 177 cm³/mol. The predicted octanol–water partition coefficient (Wildman–Crippen LogP) is 7.01. The summed E-state index contributed by atoms with van der Waals surface area (Å²) >= 11 is 19.3. The Hall–Kier alpha value is -3.56. The number of rotatable bonds is 13. The van der Waals surface area contributed by atoms with E-state index in [2.05, 4.69) is 5.32 Å². The molecule has 0 aliphatic heterocycles. The van der Waals surface area contributed by atoms with Crippen LogP contribution in [0.5, 0.6) is 0 Å². The molecule has 230 valence electrons. The fraction of sp³-hybridized carbons (Fsp3) is 0.212. The summed E-state index contributed by atoms with van der Waals surface area (Å²) < 4.78 is 29.0. The van der Waals surface area contributed by atoms with Gasteiger partial charge in [0.15, 0.2) is 0 Å². The highest BCUT2D eigenvalue weighted by Crippen LogP contribution is 2.29. The van der Waals surface area contributed by atoms with Crippen molar-refractivity contribution in [1.29, 1.82) is 0 Å². The van der Waals surface area contributed by atoms with Gasteiger partial charge in [-0.2, -0.15) is 0 Å². The number of halogens is 3. The second-order valence-corrected chi connectivity index (χ2v) is 13.1. The van der Waals surface area contributed by atoms with Crippen LogP contribution in [0.15, 0.2) is 108 Å². The molecule has 0 spiro atoms. The van der Waals surface area contributed by atoms with Crippen molar-refractivity contribution in [2.24, 2.45) is 0 Å². The molecular formula is C33H32Cl3N3O4S. The van der Waals surface area contributed by atoms with E-state index in [0.29, 0.717) is 33.6 Å². The molecular weight excluding hydrogens is 641 g/mol. The van der Waals surface area contributed by atoms with E-state index in [0.717, 1.165) is 9.87 Å². The van der Waals surface area contributed by atoms with Crippen molar-refractivity contribution in [3.05, 3.63) is 129 Å². The third-order valence-corrected chi connectivity index (χ3v) is 9.65. The van der Waals surface area contributed by atoms with E-state index in [9.17, 15) is 18.0 Å². The van der Waals surface area contributed by atoms with Crippen molar-refractivity contribution in [2.75, 3.05) is 17.4 Å². The summed E-state index contributed by atoms with van der Waals surface area (Å²) in [6.07, 6.45) is 0.860. The topological polar surface area (TPSA) is 86.8 Å². The Morgan fingerprint density at radius 2 is 1.43 bits per heavy atom. The van der Waals surface area contributed by atoms with Crippen LogP contribution < -0.4 is 9.62 Å². The SMILES string of the molecule is CCCNC(=O)C(Cc1ccccc1)N(Cc1c(Cl)cccc1Cl)C(=O)CN(c1cccc(Cl)c1)S(=O)(=O)c1ccccc1. The minimum Gasteiger partial charge on any atom is -0.354 e. The standard InChI is InChI=1S/C33H32Cl3N3O4S/c1-2-19-37-33(41)31(20-24-11-5-3-6-12-24)38(22-28-29(35)17-10-18-30(28)36)32(40)23-39(26-14-9-13-25(34)21-26)44(42,43)27-15-7-4-8-16-27/h3-18,21,31H,2,19-20,22-23H2,1H3,(H,37,41). The molecule has 4 aromatic carbocycles. The monoisotopic (exact) mass is 671 g/mol. The molecule has 11 heteroatoms. The summed E-state index contributed by atoms with van der Waals surface area (Å²) in [5.74, 6) is -1.01. The number of hydrogen-bond donors (Lipinski definition) is 1. The molecule has 1 N–H and O–H groups in total. The van der Waals surface area contributed by atoms with Crippen LogP contribution in [0.1, 0.15) is 24.5 Å². The van der Waals surface area contributed by atoms with Gasteiger partial charge in [-0.05, 0) is 54.4 Å². The maximum absolute atomic E-state index is 14.4. The molecule has 0 heterocycles. The molecule has 0 radical (unpaired) electrons. The zero-order valence-corrected chi connectivity index (χ0v) is 27.1. The molecule has 1 unspecified atom stereocenters. The Morgan fingerprint density at radius 1 is 0.818 bits per heavy atom. The van der Waals surface area contributed by atoms with Gasteiger partial charge in [-0.15, -0.1) is 0 Å². The quantitative estimate of drug-likeness (QED) is 0.166. The fourth-order valence-corrected chi connectivity index (χ4v) is 6.78. The van der Waals surface area contributed by atoms with E-state index in [-0.39, 0.29) is 29.5 Å². The first-order valence-corrected chi connectivity index (χ1v) is 16.6. The summed E-state index contributed by atoms with van der Waals surface area (Å²) in [6.45, 7) is 1.57. The van der Waals surface area contributed by atoms with Crippen LogP contribution in [0.4, 0.5) is 5.69 Å². The zero-order valence-electron chi connectivity index (χ0n) is 24.0. The zero-order chi connectivity index (χ0) is 31.7. The average molecular weight is 673 g/mol. The van der Waals surface area contributed by atoms with Gasteiger partial charge in [-0.1, -0.05) is 102 Å². The van der Waals surface area contributed by atoms with Gasteiger partial charge in [-0.3, -0.25) is 13.9 Å². The molecule has 0 aliphatic rings. The van der Waals surface area contributed by atoms with Crippen molar-refractivity contribution in [3.63, 3.8) is 0 Å². The van der Waals surface area contributed by atoms with Crippen molar-refractivity contribution >= 4 is 62.3 Å². The summed E-state index contributed by atoms with van der Waals surface area (Å²) in [5.41, 5.74) is 1.45. The fourth-order valence-electron chi connectivity index (χ4n) is 4.65. The number of nitrogens with zero attached hydrogens (tertiary/aromatic N) is 2. The van der Waals surface area contributed by atoms with Gasteiger partial charge in [0.1, 0.15) is 12.6 Å². The highest BCUT2D eigenvalue weighted by molar-refractivity contribution is 7.92. The molecule has 4 rings (SSSR count). The van der Waals surface area contributed by atoms with E-state index in [1.165, 1.54) is 23.1 Å². The molecule has 0 aromatic heterocycles. The van der Waals surface area contributed by atoms with E-state index in [4.69, 9.17) is 34.8 Å². The van der Waals surface area contributed by atoms with Gasteiger partial charge in [0.05, 0.1) is 10.6 Å². The molecule has 0 saturated heterocycles. The van der Waals surface area contributed by atoms with Crippen molar-refractivity contribution in [2.45, 2.75) is 37.2 Å². The Balaban J connectivity index is 1.82. The van der Waals surface area contributed by atoms with Crippen LogP contribution in [0.25, 0.3) is 0 Å². The van der Waals surface area contributed by atoms with Crippen LogP contribution >= 0.6 is 34.8 Å².